The van der Waals surface area contributed by atoms with Crippen LogP contribution < -0.4 is 0 Å². The lowest BCUT2D eigenvalue weighted by Gasteiger charge is -2.49. The van der Waals surface area contributed by atoms with Gasteiger partial charge in [-0.15, -0.1) is 0 Å². The lowest BCUT2D eigenvalue weighted by Crippen LogP contribution is -2.55. The molecule has 0 fully saturated rings. The SMILES string of the molecule is CCCCCCCCCCCCCCCN(C(C)(C)CCCCCCCCC)C(C)(C)CCCCCCCCC. The summed E-state index contributed by atoms with van der Waals surface area (Å²) < 4.78 is 0. The number of hydrogen-bond donors (Lipinski definition) is 0. The van der Waals surface area contributed by atoms with Crippen molar-refractivity contribution < 1.29 is 0 Å². The van der Waals surface area contributed by atoms with Gasteiger partial charge in [0.1, 0.15) is 0 Å². The summed E-state index contributed by atoms with van der Waals surface area (Å²) in [5, 5.41) is 0. The minimum atomic E-state index is 0.311. The van der Waals surface area contributed by atoms with Crippen LogP contribution in [0.3, 0.4) is 0 Å². The molecular weight excluding hydrogens is 482 g/mol. The Kier molecular flexibility index (Phi) is 27.7. The first kappa shape index (κ1) is 40.0. The quantitative estimate of drug-likeness (QED) is 0.0735. The summed E-state index contributed by atoms with van der Waals surface area (Å²) in [6.07, 6.45) is 41.4. The first-order valence-corrected chi connectivity index (χ1v) is 19.1. The van der Waals surface area contributed by atoms with E-state index in [1.165, 1.54) is 193 Å². The normalized spacial score (nSPS) is 12.6. The smallest absolute Gasteiger partial charge is 0.0158 e. The van der Waals surface area contributed by atoms with Gasteiger partial charge in [0.15, 0.2) is 0 Å². The summed E-state index contributed by atoms with van der Waals surface area (Å²) in [5.74, 6) is 0. The van der Waals surface area contributed by atoms with Crippen LogP contribution in [0.2, 0.25) is 0 Å². The fourth-order valence-electron chi connectivity index (χ4n) is 7.01. The molecule has 0 aromatic heterocycles. The monoisotopic (exact) mass is 564 g/mol. The minimum absolute atomic E-state index is 0.311. The molecule has 0 aliphatic heterocycles. The van der Waals surface area contributed by atoms with Gasteiger partial charge in [-0.25, -0.2) is 0 Å². The summed E-state index contributed by atoms with van der Waals surface area (Å²) in [6.45, 7) is 18.5. The van der Waals surface area contributed by atoms with Gasteiger partial charge in [-0.1, -0.05) is 188 Å². The highest BCUT2D eigenvalue weighted by Crippen LogP contribution is 2.34. The highest BCUT2D eigenvalue weighted by atomic mass is 15.2. The van der Waals surface area contributed by atoms with E-state index in [2.05, 4.69) is 53.4 Å². The Morgan fingerprint density at radius 1 is 0.300 bits per heavy atom. The van der Waals surface area contributed by atoms with E-state index in [1.54, 1.807) is 0 Å². The first-order valence-electron chi connectivity index (χ1n) is 19.1. The van der Waals surface area contributed by atoms with E-state index in [1.807, 2.05) is 0 Å². The van der Waals surface area contributed by atoms with Crippen LogP contribution in [0.5, 0.6) is 0 Å². The lowest BCUT2D eigenvalue weighted by molar-refractivity contribution is 0.00151. The zero-order valence-electron chi connectivity index (χ0n) is 29.7. The van der Waals surface area contributed by atoms with Crippen molar-refractivity contribution in [2.24, 2.45) is 0 Å². The molecule has 0 N–H and O–H groups in total. The third kappa shape index (κ3) is 23.5. The van der Waals surface area contributed by atoms with Gasteiger partial charge in [0.05, 0.1) is 0 Å². The maximum absolute atomic E-state index is 2.96. The van der Waals surface area contributed by atoms with Gasteiger partial charge >= 0.3 is 0 Å². The molecule has 0 aliphatic rings. The van der Waals surface area contributed by atoms with Gasteiger partial charge in [0.25, 0.3) is 0 Å². The molecular formula is C39H81N. The Labute approximate surface area is 256 Å². The van der Waals surface area contributed by atoms with Gasteiger partial charge in [-0.3, -0.25) is 4.90 Å². The van der Waals surface area contributed by atoms with Crippen LogP contribution in [0, 0.1) is 0 Å². The van der Waals surface area contributed by atoms with E-state index >= 15 is 0 Å². The van der Waals surface area contributed by atoms with E-state index in [0.717, 1.165) is 0 Å². The Morgan fingerprint density at radius 2 is 0.525 bits per heavy atom. The molecule has 0 unspecified atom stereocenters. The van der Waals surface area contributed by atoms with E-state index in [-0.39, 0.29) is 0 Å². The number of nitrogens with zero attached hydrogens (tertiary/aromatic N) is 1. The van der Waals surface area contributed by atoms with E-state index < -0.39 is 0 Å². The second kappa shape index (κ2) is 27.8. The molecule has 0 spiro atoms. The second-order valence-electron chi connectivity index (χ2n) is 14.8. The van der Waals surface area contributed by atoms with Crippen molar-refractivity contribution in [3.05, 3.63) is 0 Å². The van der Waals surface area contributed by atoms with Crippen molar-refractivity contribution in [3.8, 4) is 0 Å². The number of rotatable bonds is 32. The summed E-state index contributed by atoms with van der Waals surface area (Å²) in [7, 11) is 0. The zero-order chi connectivity index (χ0) is 29.8. The maximum Gasteiger partial charge on any atom is 0.0158 e. The molecule has 0 aliphatic carbocycles. The van der Waals surface area contributed by atoms with Crippen molar-refractivity contribution in [3.63, 3.8) is 0 Å². The van der Waals surface area contributed by atoms with Crippen LogP contribution in [0.4, 0.5) is 0 Å². The van der Waals surface area contributed by atoms with Gasteiger partial charge in [-0.05, 0) is 53.5 Å². The molecule has 0 atom stereocenters. The largest absolute Gasteiger partial charge is 0.293 e. The van der Waals surface area contributed by atoms with Crippen molar-refractivity contribution in [2.45, 2.75) is 246 Å². The van der Waals surface area contributed by atoms with Crippen molar-refractivity contribution >= 4 is 0 Å². The molecule has 0 aromatic rings. The molecule has 0 bridgehead atoms. The molecule has 40 heavy (non-hydrogen) atoms. The first-order chi connectivity index (χ1) is 19.3. The molecule has 242 valence electrons. The number of unbranched alkanes of at least 4 members (excludes halogenated alkanes) is 24. The Bertz CT molecular complexity index is 463. The molecule has 0 rings (SSSR count). The van der Waals surface area contributed by atoms with Gasteiger partial charge in [0, 0.05) is 11.1 Å². The Hall–Kier alpha value is -0.0400. The average molecular weight is 564 g/mol. The molecule has 0 saturated carbocycles. The molecule has 0 saturated heterocycles. The van der Waals surface area contributed by atoms with Crippen molar-refractivity contribution in [1.29, 1.82) is 0 Å². The van der Waals surface area contributed by atoms with Gasteiger partial charge in [-0.2, -0.15) is 0 Å². The molecule has 1 nitrogen and oxygen atoms in total. The Balaban J connectivity index is 4.50. The van der Waals surface area contributed by atoms with E-state index in [9.17, 15) is 0 Å². The minimum Gasteiger partial charge on any atom is -0.293 e. The summed E-state index contributed by atoms with van der Waals surface area (Å²) in [6, 6.07) is 0. The predicted octanol–water partition coefficient (Wildman–Crippen LogP) is 14.2. The standard InChI is InChI=1S/C39H81N/c1-8-11-14-17-20-21-22-23-24-25-28-31-34-37-40(38(4,5)35-32-29-26-18-15-12-9-2)39(6,7)36-33-30-27-19-16-13-10-3/h8-37H2,1-7H3. The van der Waals surface area contributed by atoms with E-state index in [0.29, 0.717) is 11.1 Å². The molecule has 0 amide bonds. The summed E-state index contributed by atoms with van der Waals surface area (Å²) in [4.78, 5) is 2.96. The summed E-state index contributed by atoms with van der Waals surface area (Å²) in [5.41, 5.74) is 0.621. The zero-order valence-corrected chi connectivity index (χ0v) is 29.7. The maximum atomic E-state index is 2.96. The van der Waals surface area contributed by atoms with Gasteiger partial charge in [0.2, 0.25) is 0 Å². The topological polar surface area (TPSA) is 3.24 Å². The fourth-order valence-corrected chi connectivity index (χ4v) is 7.01. The van der Waals surface area contributed by atoms with Crippen LogP contribution in [-0.4, -0.2) is 22.5 Å². The number of hydrogen-bond acceptors (Lipinski definition) is 1. The molecule has 0 heterocycles. The summed E-state index contributed by atoms with van der Waals surface area (Å²) >= 11 is 0. The second-order valence-corrected chi connectivity index (χ2v) is 14.8. The average Bonchev–Trinajstić information content (AvgIpc) is 2.92. The van der Waals surface area contributed by atoms with Crippen molar-refractivity contribution in [1.82, 2.24) is 4.90 Å². The molecule has 0 radical (unpaired) electrons. The fraction of sp³-hybridized carbons (Fsp3) is 1.00. The van der Waals surface area contributed by atoms with Crippen LogP contribution in [0.15, 0.2) is 0 Å². The molecule has 0 aromatic carbocycles. The third-order valence-corrected chi connectivity index (χ3v) is 9.73. The van der Waals surface area contributed by atoms with Crippen LogP contribution in [-0.2, 0) is 0 Å². The highest BCUT2D eigenvalue weighted by molar-refractivity contribution is 4.92. The molecule has 1 heteroatoms. The predicted molar refractivity (Wildman–Crippen MR) is 186 cm³/mol. The van der Waals surface area contributed by atoms with Crippen LogP contribution in [0.25, 0.3) is 0 Å². The van der Waals surface area contributed by atoms with Gasteiger partial charge < -0.3 is 0 Å². The lowest BCUT2D eigenvalue weighted by atomic mass is 9.85. The van der Waals surface area contributed by atoms with Crippen LogP contribution in [0.1, 0.15) is 235 Å². The highest BCUT2D eigenvalue weighted by Gasteiger charge is 2.36. The van der Waals surface area contributed by atoms with Crippen LogP contribution >= 0.6 is 0 Å². The van der Waals surface area contributed by atoms with E-state index in [4.69, 9.17) is 0 Å². The van der Waals surface area contributed by atoms with Crippen molar-refractivity contribution in [2.75, 3.05) is 6.54 Å². The Morgan fingerprint density at radius 3 is 0.800 bits per heavy atom. The third-order valence-electron chi connectivity index (χ3n) is 9.73.